The van der Waals surface area contributed by atoms with Crippen molar-refractivity contribution in [2.75, 3.05) is 50.7 Å². The third kappa shape index (κ3) is 7.71. The number of carbonyl (C=O) groups excluding carboxylic acids is 2. The number of amides is 2. The maximum Gasteiger partial charge on any atom is 0.237 e. The molecule has 10 heteroatoms. The summed E-state index contributed by atoms with van der Waals surface area (Å²) in [6.07, 6.45) is 1.51. The molecule has 2 aromatic rings. The molecule has 3 heterocycles. The van der Waals surface area contributed by atoms with Crippen LogP contribution in [0.25, 0.3) is 0 Å². The van der Waals surface area contributed by atoms with Gasteiger partial charge in [-0.05, 0) is 69.2 Å². The van der Waals surface area contributed by atoms with Gasteiger partial charge in [0.1, 0.15) is 17.0 Å². The lowest BCUT2D eigenvalue weighted by atomic mass is 9.84. The molecule has 0 radical (unpaired) electrons. The molecule has 3 saturated heterocycles. The first kappa shape index (κ1) is 34.6. The molecular formula is C36H50F2N4O3S. The van der Waals surface area contributed by atoms with Crippen LogP contribution in [0.3, 0.4) is 0 Å². The fourth-order valence-corrected chi connectivity index (χ4v) is 8.27. The molecule has 0 unspecified atom stereocenters. The van der Waals surface area contributed by atoms with Crippen LogP contribution >= 0.6 is 11.8 Å². The zero-order valence-corrected chi connectivity index (χ0v) is 29.0. The summed E-state index contributed by atoms with van der Waals surface area (Å²) in [5.74, 6) is -0.851. The van der Waals surface area contributed by atoms with Gasteiger partial charge in [-0.3, -0.25) is 14.5 Å². The van der Waals surface area contributed by atoms with Gasteiger partial charge in [-0.15, -0.1) is 11.8 Å². The van der Waals surface area contributed by atoms with Gasteiger partial charge in [0.05, 0.1) is 16.5 Å². The number of likely N-dealkylation sites (tertiary alicyclic amines) is 1. The lowest BCUT2D eigenvalue weighted by Crippen LogP contribution is -2.53. The zero-order valence-electron chi connectivity index (χ0n) is 28.2. The number of anilines is 1. The van der Waals surface area contributed by atoms with Gasteiger partial charge in [0.15, 0.2) is 0 Å². The predicted molar refractivity (Wildman–Crippen MR) is 181 cm³/mol. The SMILES string of the molecule is CC(C)(C)CCN1C(=O)[C@H](CC(=O)N2CCC(O)(c3ccc(F)cc3)CC2)S[C@@H]1c1cccc(F)c1N1CCN(C(C)(C)C)CC1. The smallest absolute Gasteiger partial charge is 0.237 e. The van der Waals surface area contributed by atoms with Crippen molar-refractivity contribution < 1.29 is 23.5 Å². The van der Waals surface area contributed by atoms with Crippen LogP contribution in [0.4, 0.5) is 14.5 Å². The Morgan fingerprint density at radius 1 is 0.935 bits per heavy atom. The Morgan fingerprint density at radius 2 is 1.57 bits per heavy atom. The number of para-hydroxylation sites is 1. The fraction of sp³-hybridized carbons (Fsp3) is 0.611. The molecule has 5 rings (SSSR count). The molecule has 1 N–H and O–H groups in total. The minimum absolute atomic E-state index is 0.00737. The molecule has 3 aliphatic heterocycles. The Labute approximate surface area is 277 Å². The van der Waals surface area contributed by atoms with Crippen molar-refractivity contribution in [1.82, 2.24) is 14.7 Å². The van der Waals surface area contributed by atoms with Crippen LogP contribution in [-0.2, 0) is 15.2 Å². The topological polar surface area (TPSA) is 67.3 Å². The van der Waals surface area contributed by atoms with Crippen molar-refractivity contribution in [2.45, 2.75) is 89.0 Å². The summed E-state index contributed by atoms with van der Waals surface area (Å²) in [6, 6.07) is 11.0. The van der Waals surface area contributed by atoms with Crippen LogP contribution in [0.1, 0.15) is 83.7 Å². The van der Waals surface area contributed by atoms with Crippen LogP contribution in [0.5, 0.6) is 0 Å². The molecule has 7 nitrogen and oxygen atoms in total. The van der Waals surface area contributed by atoms with Crippen LogP contribution in [0, 0.1) is 17.0 Å². The summed E-state index contributed by atoms with van der Waals surface area (Å²) >= 11 is 1.45. The summed E-state index contributed by atoms with van der Waals surface area (Å²) < 4.78 is 29.1. The number of hydrogen-bond donors (Lipinski definition) is 1. The van der Waals surface area contributed by atoms with Crippen LogP contribution in [0.15, 0.2) is 42.5 Å². The highest BCUT2D eigenvalue weighted by Crippen LogP contribution is 2.48. The highest BCUT2D eigenvalue weighted by Gasteiger charge is 2.45. The van der Waals surface area contributed by atoms with Crippen molar-refractivity contribution in [1.29, 1.82) is 0 Å². The number of carbonyl (C=O) groups is 2. The van der Waals surface area contributed by atoms with Gasteiger partial charge in [-0.1, -0.05) is 45.0 Å². The summed E-state index contributed by atoms with van der Waals surface area (Å²) in [5, 5.41) is 10.2. The molecule has 0 saturated carbocycles. The Kier molecular flexibility index (Phi) is 10.1. The summed E-state index contributed by atoms with van der Waals surface area (Å²) in [7, 11) is 0. The number of thioether (sulfide) groups is 1. The maximum absolute atomic E-state index is 15.7. The highest BCUT2D eigenvalue weighted by atomic mass is 32.2. The van der Waals surface area contributed by atoms with Crippen LogP contribution < -0.4 is 4.90 Å². The number of hydrogen-bond acceptors (Lipinski definition) is 6. The molecule has 2 aromatic carbocycles. The largest absolute Gasteiger partial charge is 0.385 e. The zero-order chi connectivity index (χ0) is 33.4. The number of aliphatic hydroxyl groups is 1. The van der Waals surface area contributed by atoms with Gasteiger partial charge < -0.3 is 19.8 Å². The van der Waals surface area contributed by atoms with Crippen molar-refractivity contribution in [3.8, 4) is 0 Å². The van der Waals surface area contributed by atoms with Crippen molar-refractivity contribution in [3.63, 3.8) is 0 Å². The molecule has 2 atom stereocenters. The van der Waals surface area contributed by atoms with Gasteiger partial charge in [0, 0.05) is 63.3 Å². The van der Waals surface area contributed by atoms with E-state index in [1.165, 1.54) is 30.0 Å². The monoisotopic (exact) mass is 656 g/mol. The number of piperidine rings is 1. The molecule has 2 amide bonds. The first-order valence-corrected chi connectivity index (χ1v) is 17.5. The van der Waals surface area contributed by atoms with Gasteiger partial charge in [-0.2, -0.15) is 0 Å². The van der Waals surface area contributed by atoms with E-state index in [1.54, 1.807) is 23.1 Å². The third-order valence-corrected chi connectivity index (χ3v) is 11.2. The van der Waals surface area contributed by atoms with Crippen molar-refractivity contribution in [3.05, 3.63) is 65.2 Å². The highest BCUT2D eigenvalue weighted by molar-refractivity contribution is 8.01. The molecule has 0 aliphatic carbocycles. The number of nitrogens with zero attached hydrogens (tertiary/aromatic N) is 4. The number of rotatable bonds is 7. The first-order valence-electron chi connectivity index (χ1n) is 16.6. The minimum Gasteiger partial charge on any atom is -0.385 e. The lowest BCUT2D eigenvalue weighted by Gasteiger charge is -2.43. The van der Waals surface area contributed by atoms with E-state index in [0.29, 0.717) is 56.8 Å². The average Bonchev–Trinajstić information content (AvgIpc) is 3.30. The van der Waals surface area contributed by atoms with E-state index in [9.17, 15) is 19.1 Å². The Bertz CT molecular complexity index is 1390. The predicted octanol–water partition coefficient (Wildman–Crippen LogP) is 6.16. The first-order chi connectivity index (χ1) is 21.6. The van der Waals surface area contributed by atoms with Gasteiger partial charge in [0.25, 0.3) is 0 Å². The van der Waals surface area contributed by atoms with Gasteiger partial charge in [-0.25, -0.2) is 8.78 Å². The second-order valence-corrected chi connectivity index (χ2v) is 16.6. The van der Waals surface area contributed by atoms with E-state index >= 15 is 4.39 Å². The van der Waals surface area contributed by atoms with Crippen molar-refractivity contribution in [2.24, 2.45) is 5.41 Å². The molecule has 3 fully saturated rings. The van der Waals surface area contributed by atoms with E-state index in [2.05, 4.69) is 51.3 Å². The molecule has 0 bridgehead atoms. The summed E-state index contributed by atoms with van der Waals surface area (Å²) in [5.41, 5.74) is 0.898. The minimum atomic E-state index is -1.12. The second-order valence-electron chi connectivity index (χ2n) is 15.3. The van der Waals surface area contributed by atoms with Crippen molar-refractivity contribution >= 4 is 29.3 Å². The number of piperazine rings is 1. The normalized spacial score (nSPS) is 22.9. The molecular weight excluding hydrogens is 606 g/mol. The van der Waals surface area contributed by atoms with Crippen LogP contribution in [0.2, 0.25) is 0 Å². The van der Waals surface area contributed by atoms with E-state index in [0.717, 1.165) is 25.1 Å². The average molecular weight is 657 g/mol. The van der Waals surface area contributed by atoms with Gasteiger partial charge >= 0.3 is 0 Å². The summed E-state index contributed by atoms with van der Waals surface area (Å²) in [4.78, 5) is 35.7. The molecule has 46 heavy (non-hydrogen) atoms. The van der Waals surface area contributed by atoms with Crippen LogP contribution in [-0.4, -0.2) is 88.2 Å². The summed E-state index contributed by atoms with van der Waals surface area (Å²) in [6.45, 7) is 17.3. The number of benzene rings is 2. The van der Waals surface area contributed by atoms with E-state index in [-0.39, 0.29) is 40.8 Å². The van der Waals surface area contributed by atoms with E-state index < -0.39 is 16.2 Å². The quantitative estimate of drug-likeness (QED) is 0.385. The fourth-order valence-electron chi connectivity index (χ4n) is 6.78. The third-order valence-electron chi connectivity index (χ3n) is 9.75. The number of halogens is 2. The molecule has 0 spiro atoms. The van der Waals surface area contributed by atoms with E-state index in [4.69, 9.17) is 0 Å². The van der Waals surface area contributed by atoms with Gasteiger partial charge in [0.2, 0.25) is 11.8 Å². The Balaban J connectivity index is 1.32. The molecule has 0 aromatic heterocycles. The Hall–Kier alpha value is -2.69. The molecule has 3 aliphatic rings. The Morgan fingerprint density at radius 3 is 2.15 bits per heavy atom. The second kappa shape index (κ2) is 13.4. The molecule has 252 valence electrons. The van der Waals surface area contributed by atoms with E-state index in [1.807, 2.05) is 11.0 Å². The lowest BCUT2D eigenvalue weighted by molar-refractivity contribution is -0.139. The standard InChI is InChI=1S/C36H50F2N4O3S/c1-34(2,3)14-19-42-32(44)29(24-30(43)39-17-15-36(45,16-18-39)25-10-12-26(37)13-11-25)46-33(42)27-8-7-9-28(38)31(27)40-20-22-41(23-21-40)35(4,5)6/h7-13,29,33,45H,14-24H2,1-6H3/t29-,33+/m0/s1. The maximum atomic E-state index is 15.7.